The van der Waals surface area contributed by atoms with E-state index < -0.39 is 17.7 Å². The van der Waals surface area contributed by atoms with Crippen molar-refractivity contribution >= 4 is 11.6 Å². The Morgan fingerprint density at radius 1 is 1.69 bits per heavy atom. The molecule has 0 saturated heterocycles. The second-order valence-corrected chi connectivity index (χ2v) is 3.81. The van der Waals surface area contributed by atoms with Crippen molar-refractivity contribution in [3.8, 4) is 0 Å². The molecule has 1 aromatic rings. The maximum atomic E-state index is 12.8. The van der Waals surface area contributed by atoms with Gasteiger partial charge in [-0.15, -0.1) is 0 Å². The molecule has 0 aliphatic heterocycles. The number of pyridine rings is 1. The number of nitrogens with zero attached hydrogens (tertiary/aromatic N) is 2. The number of hydrogen-bond acceptors (Lipinski definition) is 2. The number of amides is 1. The highest BCUT2D eigenvalue weighted by Gasteiger charge is 2.62. The van der Waals surface area contributed by atoms with Crippen LogP contribution in [0.5, 0.6) is 0 Å². The van der Waals surface area contributed by atoms with Gasteiger partial charge in [0, 0.05) is 19.2 Å². The largest absolute Gasteiger partial charge is 0.311 e. The number of aromatic nitrogens is 1. The molecular formula is C11H12F2N2O. The molecular weight excluding hydrogens is 214 g/mol. The molecule has 2 rings (SSSR count). The number of hydrogen-bond donors (Lipinski definition) is 0. The van der Waals surface area contributed by atoms with E-state index in [-0.39, 0.29) is 6.42 Å². The SMILES string of the molecule is CCN(C(=O)C1CC1(F)F)c1cccnc1. The molecule has 0 radical (unpaired) electrons. The van der Waals surface area contributed by atoms with Gasteiger partial charge in [-0.3, -0.25) is 9.78 Å². The lowest BCUT2D eigenvalue weighted by molar-refractivity contribution is -0.121. The quantitative estimate of drug-likeness (QED) is 0.790. The summed E-state index contributed by atoms with van der Waals surface area (Å²) < 4.78 is 25.6. The molecule has 86 valence electrons. The highest BCUT2D eigenvalue weighted by atomic mass is 19.3. The zero-order valence-electron chi connectivity index (χ0n) is 8.86. The summed E-state index contributed by atoms with van der Waals surface area (Å²) in [7, 11) is 0. The topological polar surface area (TPSA) is 33.2 Å². The lowest BCUT2D eigenvalue weighted by atomic mass is 10.3. The fourth-order valence-electron chi connectivity index (χ4n) is 1.65. The maximum Gasteiger partial charge on any atom is 0.260 e. The summed E-state index contributed by atoms with van der Waals surface area (Å²) in [5.41, 5.74) is 0.567. The molecule has 0 spiro atoms. The molecule has 1 amide bonds. The van der Waals surface area contributed by atoms with Crippen LogP contribution in [-0.4, -0.2) is 23.4 Å². The zero-order chi connectivity index (χ0) is 11.8. The Labute approximate surface area is 92.1 Å². The number of anilines is 1. The first-order valence-electron chi connectivity index (χ1n) is 5.15. The molecule has 1 fully saturated rings. The van der Waals surface area contributed by atoms with Crippen molar-refractivity contribution in [3.63, 3.8) is 0 Å². The fraction of sp³-hybridized carbons (Fsp3) is 0.455. The van der Waals surface area contributed by atoms with Crippen LogP contribution in [-0.2, 0) is 4.79 Å². The molecule has 0 N–H and O–H groups in total. The molecule has 1 aliphatic rings. The summed E-state index contributed by atoms with van der Waals surface area (Å²) in [5, 5.41) is 0. The van der Waals surface area contributed by atoms with E-state index in [1.165, 1.54) is 11.1 Å². The number of carbonyl (C=O) groups excluding carboxylic acids is 1. The maximum absolute atomic E-state index is 12.8. The molecule has 0 aromatic carbocycles. The summed E-state index contributed by atoms with van der Waals surface area (Å²) in [4.78, 5) is 17.0. The van der Waals surface area contributed by atoms with Gasteiger partial charge in [-0.25, -0.2) is 8.78 Å². The van der Waals surface area contributed by atoms with Crippen molar-refractivity contribution < 1.29 is 13.6 Å². The van der Waals surface area contributed by atoms with Crippen molar-refractivity contribution in [2.24, 2.45) is 5.92 Å². The Morgan fingerprint density at radius 2 is 2.38 bits per heavy atom. The monoisotopic (exact) mass is 226 g/mol. The van der Waals surface area contributed by atoms with Crippen LogP contribution in [0.1, 0.15) is 13.3 Å². The first-order chi connectivity index (χ1) is 7.56. The number of rotatable bonds is 3. The number of alkyl halides is 2. The molecule has 1 aliphatic carbocycles. The van der Waals surface area contributed by atoms with E-state index in [2.05, 4.69) is 4.98 Å². The minimum absolute atomic E-state index is 0.331. The molecule has 1 unspecified atom stereocenters. The Kier molecular flexibility index (Phi) is 2.61. The summed E-state index contributed by atoms with van der Waals surface area (Å²) in [6.45, 7) is 2.13. The van der Waals surface area contributed by atoms with Gasteiger partial charge in [0.05, 0.1) is 11.9 Å². The molecule has 0 bridgehead atoms. The average Bonchev–Trinajstić information content (AvgIpc) is 2.90. The average molecular weight is 226 g/mol. The van der Waals surface area contributed by atoms with E-state index in [9.17, 15) is 13.6 Å². The number of halogens is 2. The van der Waals surface area contributed by atoms with E-state index in [4.69, 9.17) is 0 Å². The first kappa shape index (κ1) is 11.0. The smallest absolute Gasteiger partial charge is 0.260 e. The summed E-state index contributed by atoms with van der Waals surface area (Å²) >= 11 is 0. The Hall–Kier alpha value is -1.52. The van der Waals surface area contributed by atoms with Gasteiger partial charge in [-0.1, -0.05) is 0 Å². The van der Waals surface area contributed by atoms with Gasteiger partial charge in [0.2, 0.25) is 5.91 Å². The van der Waals surface area contributed by atoms with Crippen molar-refractivity contribution in [3.05, 3.63) is 24.5 Å². The molecule has 1 saturated carbocycles. The molecule has 3 nitrogen and oxygen atoms in total. The number of carbonyl (C=O) groups is 1. The van der Waals surface area contributed by atoms with Gasteiger partial charge in [-0.05, 0) is 19.1 Å². The van der Waals surface area contributed by atoms with E-state index in [0.717, 1.165) is 0 Å². The van der Waals surface area contributed by atoms with Gasteiger partial charge in [0.25, 0.3) is 5.92 Å². The van der Waals surface area contributed by atoms with Crippen LogP contribution in [0.25, 0.3) is 0 Å². The molecule has 1 heterocycles. The second-order valence-electron chi connectivity index (χ2n) is 3.81. The van der Waals surface area contributed by atoms with Crippen LogP contribution in [0.2, 0.25) is 0 Å². The highest BCUT2D eigenvalue weighted by molar-refractivity contribution is 5.97. The predicted molar refractivity (Wildman–Crippen MR) is 55.3 cm³/mol. The second kappa shape index (κ2) is 3.81. The van der Waals surface area contributed by atoms with Crippen LogP contribution in [0.3, 0.4) is 0 Å². The van der Waals surface area contributed by atoms with E-state index in [0.29, 0.717) is 12.2 Å². The normalized spacial score (nSPS) is 21.6. The van der Waals surface area contributed by atoms with Crippen LogP contribution >= 0.6 is 0 Å². The zero-order valence-corrected chi connectivity index (χ0v) is 8.86. The molecule has 1 atom stereocenters. The third-order valence-corrected chi connectivity index (χ3v) is 2.66. The third kappa shape index (κ3) is 1.89. The van der Waals surface area contributed by atoms with Crippen LogP contribution < -0.4 is 4.90 Å². The van der Waals surface area contributed by atoms with Crippen molar-refractivity contribution in [2.45, 2.75) is 19.3 Å². The minimum Gasteiger partial charge on any atom is -0.311 e. The van der Waals surface area contributed by atoms with Gasteiger partial charge in [0.15, 0.2) is 0 Å². The molecule has 5 heteroatoms. The highest BCUT2D eigenvalue weighted by Crippen LogP contribution is 2.49. The van der Waals surface area contributed by atoms with Crippen LogP contribution in [0.15, 0.2) is 24.5 Å². The summed E-state index contributed by atoms with van der Waals surface area (Å²) in [5.74, 6) is -4.47. The lowest BCUT2D eigenvalue weighted by Crippen LogP contribution is -2.33. The van der Waals surface area contributed by atoms with Gasteiger partial charge < -0.3 is 4.90 Å². The minimum atomic E-state index is -2.81. The van der Waals surface area contributed by atoms with Crippen LogP contribution in [0.4, 0.5) is 14.5 Å². The summed E-state index contributed by atoms with van der Waals surface area (Å²) in [6, 6.07) is 3.37. The van der Waals surface area contributed by atoms with Gasteiger partial charge >= 0.3 is 0 Å². The molecule has 1 aromatic heterocycles. The van der Waals surface area contributed by atoms with Crippen molar-refractivity contribution in [1.29, 1.82) is 0 Å². The van der Waals surface area contributed by atoms with E-state index in [1.54, 1.807) is 25.3 Å². The van der Waals surface area contributed by atoms with E-state index >= 15 is 0 Å². The third-order valence-electron chi connectivity index (χ3n) is 2.66. The lowest BCUT2D eigenvalue weighted by Gasteiger charge is -2.20. The first-order valence-corrected chi connectivity index (χ1v) is 5.15. The molecule has 16 heavy (non-hydrogen) atoms. The van der Waals surface area contributed by atoms with E-state index in [1.807, 2.05) is 0 Å². The fourth-order valence-corrected chi connectivity index (χ4v) is 1.65. The van der Waals surface area contributed by atoms with Crippen LogP contribution in [0, 0.1) is 5.92 Å². The Balaban J connectivity index is 2.15. The van der Waals surface area contributed by atoms with Crippen molar-refractivity contribution in [2.75, 3.05) is 11.4 Å². The van der Waals surface area contributed by atoms with Crippen molar-refractivity contribution in [1.82, 2.24) is 4.98 Å². The Morgan fingerprint density at radius 3 is 2.81 bits per heavy atom. The predicted octanol–water partition coefficient (Wildman–Crippen LogP) is 2.09. The standard InChI is InChI=1S/C11H12F2N2O/c1-2-15(8-4-3-5-14-7-8)10(16)9-6-11(9,12)13/h3-5,7,9H,2,6H2,1H3. The summed E-state index contributed by atoms with van der Waals surface area (Å²) in [6.07, 6.45) is 2.75. The van der Waals surface area contributed by atoms with Gasteiger partial charge in [0.1, 0.15) is 5.92 Å². The van der Waals surface area contributed by atoms with Gasteiger partial charge in [-0.2, -0.15) is 0 Å². The Bertz CT molecular complexity index is 394.